The second-order valence-corrected chi connectivity index (χ2v) is 6.92. The molecule has 0 atom stereocenters. The van der Waals surface area contributed by atoms with Crippen LogP contribution in [0.2, 0.25) is 0 Å². The van der Waals surface area contributed by atoms with Gasteiger partial charge < -0.3 is 14.8 Å². The summed E-state index contributed by atoms with van der Waals surface area (Å²) in [6.07, 6.45) is 1.60. The first-order chi connectivity index (χ1) is 14.5. The van der Waals surface area contributed by atoms with Crippen LogP contribution in [0.1, 0.15) is 28.4 Å². The van der Waals surface area contributed by atoms with Crippen LogP contribution < -0.4 is 15.5 Å². The molecule has 2 aromatic rings. The van der Waals surface area contributed by atoms with Crippen LogP contribution in [0.4, 0.5) is 5.69 Å². The smallest absolute Gasteiger partial charge is 0.271 e. The van der Waals surface area contributed by atoms with E-state index in [-0.39, 0.29) is 11.8 Å². The summed E-state index contributed by atoms with van der Waals surface area (Å²) < 4.78 is 10.9. The number of hydrogen-bond donors (Lipinski definition) is 2. The zero-order chi connectivity index (χ0) is 21.3. The molecule has 0 aliphatic carbocycles. The number of benzene rings is 2. The summed E-state index contributed by atoms with van der Waals surface area (Å²) in [6, 6.07) is 12.4. The molecule has 0 bridgehead atoms. The minimum absolute atomic E-state index is 0.163. The third-order valence-corrected chi connectivity index (χ3v) is 4.65. The van der Waals surface area contributed by atoms with E-state index in [2.05, 4.69) is 20.7 Å². The molecule has 3 rings (SSSR count). The molecule has 8 nitrogen and oxygen atoms in total. The van der Waals surface area contributed by atoms with Crippen LogP contribution >= 0.6 is 0 Å². The fraction of sp³-hybridized carbons (Fsp3) is 0.318. The third-order valence-electron chi connectivity index (χ3n) is 4.65. The molecule has 30 heavy (non-hydrogen) atoms. The van der Waals surface area contributed by atoms with E-state index in [0.29, 0.717) is 11.3 Å². The van der Waals surface area contributed by atoms with Gasteiger partial charge in [0.25, 0.3) is 5.91 Å². The van der Waals surface area contributed by atoms with Gasteiger partial charge in [-0.25, -0.2) is 5.43 Å². The number of carbonyl (C=O) groups excluding carboxylic acids is 2. The van der Waals surface area contributed by atoms with E-state index in [0.717, 1.165) is 49.7 Å². The highest BCUT2D eigenvalue weighted by atomic mass is 16.5. The first-order valence-corrected chi connectivity index (χ1v) is 9.73. The molecule has 1 saturated heterocycles. The average Bonchev–Trinajstić information content (AvgIpc) is 2.75. The molecule has 2 N–H and O–H groups in total. The van der Waals surface area contributed by atoms with Crippen LogP contribution in [0, 0.1) is 0 Å². The highest BCUT2D eigenvalue weighted by molar-refractivity contribution is 5.96. The third kappa shape index (κ3) is 6.13. The van der Waals surface area contributed by atoms with E-state index in [1.54, 1.807) is 37.6 Å². The molecule has 0 saturated carbocycles. The second kappa shape index (κ2) is 10.5. The van der Waals surface area contributed by atoms with Crippen molar-refractivity contribution in [2.75, 3.05) is 38.7 Å². The maximum atomic E-state index is 12.2. The van der Waals surface area contributed by atoms with Gasteiger partial charge in [-0.05, 0) is 48.0 Å². The SMILES string of the molecule is COc1ccc(/C=N\NC(=O)c2ccc(NC(C)=O)cc2)cc1CN1CCOCC1. The largest absolute Gasteiger partial charge is 0.496 e. The molecule has 1 fully saturated rings. The van der Waals surface area contributed by atoms with Gasteiger partial charge in [-0.3, -0.25) is 14.5 Å². The van der Waals surface area contributed by atoms with Gasteiger partial charge in [0.1, 0.15) is 5.75 Å². The zero-order valence-electron chi connectivity index (χ0n) is 17.2. The van der Waals surface area contributed by atoms with Crippen molar-refractivity contribution in [3.8, 4) is 5.75 Å². The Morgan fingerprint density at radius 1 is 1.17 bits per heavy atom. The van der Waals surface area contributed by atoms with E-state index < -0.39 is 0 Å². The highest BCUT2D eigenvalue weighted by Gasteiger charge is 2.13. The fourth-order valence-electron chi connectivity index (χ4n) is 3.14. The first-order valence-electron chi connectivity index (χ1n) is 9.73. The summed E-state index contributed by atoms with van der Waals surface area (Å²) in [6.45, 7) is 5.45. The summed E-state index contributed by atoms with van der Waals surface area (Å²) in [7, 11) is 1.66. The van der Waals surface area contributed by atoms with Crippen LogP contribution in [0.3, 0.4) is 0 Å². The number of ether oxygens (including phenoxy) is 2. The van der Waals surface area contributed by atoms with Crippen molar-refractivity contribution in [2.45, 2.75) is 13.5 Å². The highest BCUT2D eigenvalue weighted by Crippen LogP contribution is 2.21. The number of hydrogen-bond acceptors (Lipinski definition) is 6. The second-order valence-electron chi connectivity index (χ2n) is 6.92. The standard InChI is InChI=1S/C22H26N4O4/c1-16(27)24-20-6-4-18(5-7-20)22(28)25-23-14-17-3-8-21(29-2)19(13-17)15-26-9-11-30-12-10-26/h3-8,13-14H,9-12,15H2,1-2H3,(H,24,27)(H,25,28)/b23-14-. The van der Waals surface area contributed by atoms with Crippen molar-refractivity contribution in [3.05, 3.63) is 59.2 Å². The van der Waals surface area contributed by atoms with Gasteiger partial charge in [-0.2, -0.15) is 5.10 Å². The molecular weight excluding hydrogens is 384 g/mol. The molecule has 0 aromatic heterocycles. The minimum atomic E-state index is -0.331. The summed E-state index contributed by atoms with van der Waals surface area (Å²) >= 11 is 0. The molecular formula is C22H26N4O4. The van der Waals surface area contributed by atoms with Crippen molar-refractivity contribution < 1.29 is 19.1 Å². The van der Waals surface area contributed by atoms with Gasteiger partial charge in [-0.1, -0.05) is 0 Å². The summed E-state index contributed by atoms with van der Waals surface area (Å²) in [4.78, 5) is 25.6. The fourth-order valence-corrected chi connectivity index (χ4v) is 3.14. The average molecular weight is 410 g/mol. The Balaban J connectivity index is 1.61. The maximum Gasteiger partial charge on any atom is 0.271 e. The monoisotopic (exact) mass is 410 g/mol. The van der Waals surface area contributed by atoms with Crippen LogP contribution in [0.5, 0.6) is 5.75 Å². The van der Waals surface area contributed by atoms with E-state index in [9.17, 15) is 9.59 Å². The van der Waals surface area contributed by atoms with E-state index >= 15 is 0 Å². The van der Waals surface area contributed by atoms with E-state index in [1.165, 1.54) is 6.92 Å². The van der Waals surface area contributed by atoms with Crippen molar-refractivity contribution in [1.82, 2.24) is 10.3 Å². The van der Waals surface area contributed by atoms with E-state index in [4.69, 9.17) is 9.47 Å². The van der Waals surface area contributed by atoms with Crippen molar-refractivity contribution in [1.29, 1.82) is 0 Å². The number of nitrogens with zero attached hydrogens (tertiary/aromatic N) is 2. The zero-order valence-corrected chi connectivity index (χ0v) is 17.2. The number of anilines is 1. The molecule has 1 aliphatic rings. The lowest BCUT2D eigenvalue weighted by Gasteiger charge is -2.27. The van der Waals surface area contributed by atoms with Crippen molar-refractivity contribution >= 4 is 23.7 Å². The van der Waals surface area contributed by atoms with Crippen molar-refractivity contribution in [3.63, 3.8) is 0 Å². The Labute approximate surface area is 175 Å². The van der Waals surface area contributed by atoms with Gasteiger partial charge in [0.05, 0.1) is 26.5 Å². The van der Waals surface area contributed by atoms with Crippen LogP contribution in [0.25, 0.3) is 0 Å². The predicted octanol–water partition coefficient (Wildman–Crippen LogP) is 2.25. The molecule has 0 unspecified atom stereocenters. The molecule has 0 spiro atoms. The summed E-state index contributed by atoms with van der Waals surface area (Å²) in [5.41, 5.74) is 5.52. The number of amides is 2. The van der Waals surface area contributed by atoms with Crippen LogP contribution in [-0.4, -0.2) is 56.3 Å². The minimum Gasteiger partial charge on any atom is -0.496 e. The maximum absolute atomic E-state index is 12.2. The number of morpholine rings is 1. The first kappa shape index (κ1) is 21.5. The molecule has 1 aliphatic heterocycles. The molecule has 2 aromatic carbocycles. The Morgan fingerprint density at radius 2 is 1.90 bits per heavy atom. The topological polar surface area (TPSA) is 92.3 Å². The Kier molecular flexibility index (Phi) is 7.53. The lowest BCUT2D eigenvalue weighted by molar-refractivity contribution is -0.114. The number of nitrogens with one attached hydrogen (secondary N) is 2. The quantitative estimate of drug-likeness (QED) is 0.540. The van der Waals surface area contributed by atoms with Gasteiger partial charge >= 0.3 is 0 Å². The molecule has 8 heteroatoms. The number of methoxy groups -OCH3 is 1. The van der Waals surface area contributed by atoms with Crippen LogP contribution in [0.15, 0.2) is 47.6 Å². The Bertz CT molecular complexity index is 906. The van der Waals surface area contributed by atoms with E-state index in [1.807, 2.05) is 18.2 Å². The summed E-state index contributed by atoms with van der Waals surface area (Å²) in [5, 5.41) is 6.72. The molecule has 0 radical (unpaired) electrons. The number of hydrazone groups is 1. The van der Waals surface area contributed by atoms with Crippen LogP contribution in [-0.2, 0) is 16.1 Å². The van der Waals surface area contributed by atoms with Gasteiger partial charge in [0.2, 0.25) is 5.91 Å². The predicted molar refractivity (Wildman–Crippen MR) is 115 cm³/mol. The Morgan fingerprint density at radius 3 is 2.57 bits per heavy atom. The Hall–Kier alpha value is -3.23. The molecule has 1 heterocycles. The normalized spacial score (nSPS) is 14.5. The number of rotatable bonds is 7. The number of carbonyl (C=O) groups is 2. The van der Waals surface area contributed by atoms with Gasteiger partial charge in [0, 0.05) is 43.4 Å². The van der Waals surface area contributed by atoms with Gasteiger partial charge in [0.15, 0.2) is 0 Å². The summed E-state index contributed by atoms with van der Waals surface area (Å²) in [5.74, 6) is 0.328. The lowest BCUT2D eigenvalue weighted by atomic mass is 10.1. The molecule has 158 valence electrons. The van der Waals surface area contributed by atoms with Gasteiger partial charge in [-0.15, -0.1) is 0 Å². The molecule has 2 amide bonds. The lowest BCUT2D eigenvalue weighted by Crippen LogP contribution is -2.35. The van der Waals surface area contributed by atoms with Crippen molar-refractivity contribution in [2.24, 2.45) is 5.10 Å².